The van der Waals surface area contributed by atoms with E-state index >= 15 is 0 Å². The Morgan fingerprint density at radius 3 is 2.61 bits per heavy atom. The van der Waals surface area contributed by atoms with Gasteiger partial charge in [-0.25, -0.2) is 8.42 Å². The molecular formula is C24H26N2O4S. The van der Waals surface area contributed by atoms with Gasteiger partial charge in [0.25, 0.3) is 0 Å². The van der Waals surface area contributed by atoms with Crippen LogP contribution >= 0.6 is 0 Å². The highest BCUT2D eigenvalue weighted by atomic mass is 32.2. The van der Waals surface area contributed by atoms with E-state index in [1.54, 1.807) is 18.2 Å². The number of hydrogen-bond donors (Lipinski definition) is 1. The van der Waals surface area contributed by atoms with E-state index in [0.29, 0.717) is 32.5 Å². The van der Waals surface area contributed by atoms with Crippen molar-refractivity contribution in [2.45, 2.75) is 30.7 Å². The average molecular weight is 439 g/mol. The van der Waals surface area contributed by atoms with Crippen LogP contribution in [0, 0.1) is 6.92 Å². The fraction of sp³-hybridized carbons (Fsp3) is 0.292. The summed E-state index contributed by atoms with van der Waals surface area (Å²) >= 11 is 0. The van der Waals surface area contributed by atoms with E-state index in [9.17, 15) is 13.2 Å². The van der Waals surface area contributed by atoms with Crippen molar-refractivity contribution >= 4 is 26.7 Å². The molecule has 1 fully saturated rings. The second-order valence-electron chi connectivity index (χ2n) is 7.69. The molecular weight excluding hydrogens is 412 g/mol. The number of ether oxygens (including phenoxy) is 1. The molecule has 7 heteroatoms. The molecule has 0 spiro atoms. The molecule has 1 atom stereocenters. The number of carbonyl (C=O) groups is 1. The summed E-state index contributed by atoms with van der Waals surface area (Å²) in [6.45, 7) is 2.93. The lowest BCUT2D eigenvalue weighted by atomic mass is 10.1. The van der Waals surface area contributed by atoms with E-state index in [4.69, 9.17) is 4.74 Å². The van der Waals surface area contributed by atoms with E-state index in [1.807, 2.05) is 55.5 Å². The van der Waals surface area contributed by atoms with Gasteiger partial charge in [-0.15, -0.1) is 0 Å². The zero-order valence-corrected chi connectivity index (χ0v) is 18.3. The molecule has 1 aliphatic rings. The summed E-state index contributed by atoms with van der Waals surface area (Å²) in [5.41, 5.74) is 1.03. The van der Waals surface area contributed by atoms with Crippen LogP contribution in [-0.2, 0) is 14.8 Å². The van der Waals surface area contributed by atoms with E-state index in [0.717, 1.165) is 22.1 Å². The minimum Gasteiger partial charge on any atom is -0.491 e. The van der Waals surface area contributed by atoms with Crippen LogP contribution in [0.2, 0.25) is 0 Å². The van der Waals surface area contributed by atoms with Crippen molar-refractivity contribution in [1.29, 1.82) is 0 Å². The normalized spacial score (nSPS) is 17.0. The number of hydrogen-bond acceptors (Lipinski definition) is 4. The fourth-order valence-electron chi connectivity index (χ4n) is 3.92. The lowest BCUT2D eigenvalue weighted by molar-refractivity contribution is -0.124. The molecule has 0 bridgehead atoms. The summed E-state index contributed by atoms with van der Waals surface area (Å²) < 4.78 is 33.6. The number of carbonyl (C=O) groups excluding carboxylic acids is 1. The molecule has 1 N–H and O–H groups in total. The molecule has 162 valence electrons. The average Bonchev–Trinajstić information content (AvgIpc) is 3.28. The minimum atomic E-state index is -3.76. The van der Waals surface area contributed by atoms with Crippen molar-refractivity contribution in [2.75, 3.05) is 19.7 Å². The maximum Gasteiger partial charge on any atom is 0.243 e. The first-order valence-electron chi connectivity index (χ1n) is 10.4. The number of amides is 1. The van der Waals surface area contributed by atoms with Crippen molar-refractivity contribution in [3.05, 3.63) is 72.3 Å². The number of aryl methyl sites for hydroxylation is 1. The maximum absolute atomic E-state index is 13.3. The van der Waals surface area contributed by atoms with Gasteiger partial charge in [0.1, 0.15) is 18.4 Å². The summed E-state index contributed by atoms with van der Waals surface area (Å²) in [4.78, 5) is 13.0. The van der Waals surface area contributed by atoms with Crippen LogP contribution in [0.1, 0.15) is 18.4 Å². The van der Waals surface area contributed by atoms with Crippen LogP contribution in [0.4, 0.5) is 0 Å². The van der Waals surface area contributed by atoms with Crippen LogP contribution in [0.3, 0.4) is 0 Å². The second kappa shape index (κ2) is 9.08. The standard InChI is InChI=1S/C24H26N2O4S/c1-18-7-2-5-11-23(18)30-16-14-25-24(27)22-10-6-15-26(22)31(28,29)21-13-12-19-8-3-4-9-20(19)17-21/h2-5,7-9,11-13,17,22H,6,10,14-16H2,1H3,(H,25,27)/t22-/m1/s1. The first kappa shape index (κ1) is 21.3. The van der Waals surface area contributed by atoms with Gasteiger partial charge in [-0.2, -0.15) is 4.31 Å². The van der Waals surface area contributed by atoms with Crippen molar-refractivity contribution in [1.82, 2.24) is 9.62 Å². The Bertz CT molecular complexity index is 1190. The molecule has 1 aliphatic heterocycles. The zero-order chi connectivity index (χ0) is 21.8. The highest BCUT2D eigenvalue weighted by molar-refractivity contribution is 7.89. The van der Waals surface area contributed by atoms with Gasteiger partial charge < -0.3 is 10.1 Å². The molecule has 0 unspecified atom stereocenters. The van der Waals surface area contributed by atoms with E-state index in [2.05, 4.69) is 5.32 Å². The van der Waals surface area contributed by atoms with Gasteiger partial charge in [-0.05, 0) is 54.3 Å². The molecule has 1 amide bonds. The van der Waals surface area contributed by atoms with Crippen molar-refractivity contribution in [2.24, 2.45) is 0 Å². The van der Waals surface area contributed by atoms with Crippen molar-refractivity contribution in [3.8, 4) is 5.75 Å². The maximum atomic E-state index is 13.3. The smallest absolute Gasteiger partial charge is 0.243 e. The summed E-state index contributed by atoms with van der Waals surface area (Å²) in [5.74, 6) is 0.494. The number of benzene rings is 3. The molecule has 6 nitrogen and oxygen atoms in total. The van der Waals surface area contributed by atoms with Crippen molar-refractivity contribution < 1.29 is 17.9 Å². The Hall–Kier alpha value is -2.90. The van der Waals surface area contributed by atoms with E-state index < -0.39 is 16.1 Å². The number of para-hydroxylation sites is 1. The predicted molar refractivity (Wildman–Crippen MR) is 121 cm³/mol. The quantitative estimate of drug-likeness (QED) is 0.573. The SMILES string of the molecule is Cc1ccccc1OCCNC(=O)[C@H]1CCCN1S(=O)(=O)c1ccc2ccccc2c1. The first-order valence-corrected chi connectivity index (χ1v) is 11.9. The Morgan fingerprint density at radius 1 is 1.06 bits per heavy atom. The number of sulfonamides is 1. The molecule has 0 aromatic heterocycles. The molecule has 0 aliphatic carbocycles. The lowest BCUT2D eigenvalue weighted by Crippen LogP contribution is -2.46. The van der Waals surface area contributed by atoms with Crippen LogP contribution in [0.15, 0.2) is 71.6 Å². The topological polar surface area (TPSA) is 75.7 Å². The van der Waals surface area contributed by atoms with Gasteiger partial charge in [-0.1, -0.05) is 48.5 Å². The molecule has 1 heterocycles. The zero-order valence-electron chi connectivity index (χ0n) is 17.5. The number of fused-ring (bicyclic) bond motifs is 1. The lowest BCUT2D eigenvalue weighted by Gasteiger charge is -2.23. The van der Waals surface area contributed by atoms with Crippen LogP contribution < -0.4 is 10.1 Å². The van der Waals surface area contributed by atoms with Gasteiger partial charge in [-0.3, -0.25) is 4.79 Å². The summed E-state index contributed by atoms with van der Waals surface area (Å²) in [5, 5.41) is 4.66. The van der Waals surface area contributed by atoms with Gasteiger partial charge in [0.05, 0.1) is 11.4 Å². The monoisotopic (exact) mass is 438 g/mol. The highest BCUT2D eigenvalue weighted by Gasteiger charge is 2.39. The Balaban J connectivity index is 1.41. The Morgan fingerprint density at radius 2 is 1.81 bits per heavy atom. The molecule has 1 saturated heterocycles. The third kappa shape index (κ3) is 4.57. The number of nitrogens with one attached hydrogen (secondary N) is 1. The predicted octanol–water partition coefficient (Wildman–Crippen LogP) is 3.50. The third-order valence-electron chi connectivity index (χ3n) is 5.59. The van der Waals surface area contributed by atoms with Crippen LogP contribution in [-0.4, -0.2) is 44.4 Å². The fourth-order valence-corrected chi connectivity index (χ4v) is 5.62. The van der Waals surface area contributed by atoms with Crippen LogP contribution in [0.25, 0.3) is 10.8 Å². The molecule has 0 saturated carbocycles. The van der Waals surface area contributed by atoms with Gasteiger partial charge in [0, 0.05) is 6.54 Å². The Kier molecular flexibility index (Phi) is 6.25. The third-order valence-corrected chi connectivity index (χ3v) is 7.49. The highest BCUT2D eigenvalue weighted by Crippen LogP contribution is 2.28. The van der Waals surface area contributed by atoms with Gasteiger partial charge in [0.15, 0.2) is 0 Å². The number of nitrogens with zero attached hydrogens (tertiary/aromatic N) is 1. The molecule has 3 aromatic rings. The van der Waals surface area contributed by atoms with Gasteiger partial charge in [0.2, 0.25) is 15.9 Å². The van der Waals surface area contributed by atoms with Crippen molar-refractivity contribution in [3.63, 3.8) is 0 Å². The summed E-state index contributed by atoms with van der Waals surface area (Å²) in [6, 6.07) is 19.7. The first-order chi connectivity index (χ1) is 15.0. The molecule has 4 rings (SSSR count). The summed E-state index contributed by atoms with van der Waals surface area (Å²) in [7, 11) is -3.76. The number of rotatable bonds is 7. The Labute approximate surface area is 182 Å². The van der Waals surface area contributed by atoms with E-state index in [1.165, 1.54) is 4.31 Å². The molecule has 0 radical (unpaired) electrons. The molecule has 3 aromatic carbocycles. The largest absolute Gasteiger partial charge is 0.491 e. The van der Waals surface area contributed by atoms with Crippen LogP contribution in [0.5, 0.6) is 5.75 Å². The second-order valence-corrected chi connectivity index (χ2v) is 9.58. The summed E-state index contributed by atoms with van der Waals surface area (Å²) in [6.07, 6.45) is 1.17. The van der Waals surface area contributed by atoms with E-state index in [-0.39, 0.29) is 10.8 Å². The van der Waals surface area contributed by atoms with Gasteiger partial charge >= 0.3 is 0 Å². The molecule has 31 heavy (non-hydrogen) atoms. The minimum absolute atomic E-state index is 0.216.